The van der Waals surface area contributed by atoms with Crippen molar-refractivity contribution in [3.05, 3.63) is 53.6 Å². The Labute approximate surface area is 151 Å². The molecular formula is C18H19NO6S. The van der Waals surface area contributed by atoms with Gasteiger partial charge in [0.25, 0.3) is 0 Å². The molecule has 2 aromatic rings. The number of ether oxygens (including phenoxy) is 2. The number of fused-ring (bicyclic) bond motifs is 1. The first kappa shape index (κ1) is 18.2. The first-order chi connectivity index (χ1) is 12.4. The molecule has 0 saturated carbocycles. The molecule has 138 valence electrons. The fourth-order valence-electron chi connectivity index (χ4n) is 3.22. The van der Waals surface area contributed by atoms with Crippen LogP contribution in [0.2, 0.25) is 0 Å². The molecule has 0 spiro atoms. The second-order valence-electron chi connectivity index (χ2n) is 5.95. The number of benzene rings is 2. The van der Waals surface area contributed by atoms with Gasteiger partial charge in [-0.1, -0.05) is 24.3 Å². The number of aliphatic carboxylic acids is 1. The van der Waals surface area contributed by atoms with Crippen LogP contribution in [0.25, 0.3) is 0 Å². The Balaban J connectivity index is 1.92. The largest absolute Gasteiger partial charge is 0.493 e. The topological polar surface area (TPSA) is 102 Å². The third kappa shape index (κ3) is 3.25. The Kier molecular flexibility index (Phi) is 4.88. The van der Waals surface area contributed by atoms with Crippen molar-refractivity contribution in [2.24, 2.45) is 0 Å². The number of hydrogen-bond donors (Lipinski definition) is 2. The number of carbonyl (C=O) groups is 1. The maximum absolute atomic E-state index is 12.8. The van der Waals surface area contributed by atoms with Crippen LogP contribution in [-0.4, -0.2) is 33.7 Å². The number of methoxy groups -OCH3 is 2. The lowest BCUT2D eigenvalue weighted by atomic mass is 10.0. The minimum Gasteiger partial charge on any atom is -0.493 e. The van der Waals surface area contributed by atoms with Gasteiger partial charge < -0.3 is 14.6 Å². The van der Waals surface area contributed by atoms with E-state index in [1.54, 1.807) is 24.3 Å². The Morgan fingerprint density at radius 1 is 1.08 bits per heavy atom. The molecule has 2 unspecified atom stereocenters. The molecule has 0 fully saturated rings. The van der Waals surface area contributed by atoms with Gasteiger partial charge in [-0.15, -0.1) is 0 Å². The van der Waals surface area contributed by atoms with Gasteiger partial charge in [0.05, 0.1) is 25.0 Å². The average molecular weight is 377 g/mol. The van der Waals surface area contributed by atoms with Crippen LogP contribution in [0.4, 0.5) is 0 Å². The Hall–Kier alpha value is -2.58. The van der Waals surface area contributed by atoms with Gasteiger partial charge in [0, 0.05) is 12.1 Å². The molecule has 1 aliphatic rings. The third-order valence-electron chi connectivity index (χ3n) is 4.48. The molecule has 2 N–H and O–H groups in total. The summed E-state index contributed by atoms with van der Waals surface area (Å²) in [7, 11) is -0.985. The van der Waals surface area contributed by atoms with E-state index in [0.717, 1.165) is 0 Å². The van der Waals surface area contributed by atoms with Crippen LogP contribution in [0.15, 0.2) is 47.4 Å². The average Bonchev–Trinajstić information content (AvgIpc) is 2.99. The number of hydrogen-bond acceptors (Lipinski definition) is 5. The number of carboxylic acid groups (broad SMARTS) is 1. The SMILES string of the molecule is COc1ccc(S(=O)(=O)NC2CC(C(=O)O)c3ccccc32)cc1OC. The Bertz CT molecular complexity index is 940. The van der Waals surface area contributed by atoms with Crippen molar-refractivity contribution in [1.29, 1.82) is 0 Å². The van der Waals surface area contributed by atoms with Gasteiger partial charge in [0.1, 0.15) is 0 Å². The molecule has 26 heavy (non-hydrogen) atoms. The van der Waals surface area contributed by atoms with Gasteiger partial charge in [-0.25, -0.2) is 13.1 Å². The maximum atomic E-state index is 12.8. The van der Waals surface area contributed by atoms with Crippen LogP contribution in [0, 0.1) is 0 Å². The highest BCUT2D eigenvalue weighted by Gasteiger charge is 2.37. The summed E-state index contributed by atoms with van der Waals surface area (Å²) in [6.45, 7) is 0. The molecule has 0 saturated heterocycles. The second kappa shape index (κ2) is 6.97. The Morgan fingerprint density at radius 2 is 1.73 bits per heavy atom. The summed E-state index contributed by atoms with van der Waals surface area (Å²) in [6.07, 6.45) is 0.168. The van der Waals surface area contributed by atoms with Crippen molar-refractivity contribution in [3.63, 3.8) is 0 Å². The monoisotopic (exact) mass is 377 g/mol. The Morgan fingerprint density at radius 3 is 2.35 bits per heavy atom. The van der Waals surface area contributed by atoms with Crippen LogP contribution >= 0.6 is 0 Å². The molecule has 3 rings (SSSR count). The molecule has 2 aromatic carbocycles. The van der Waals surface area contributed by atoms with Crippen molar-refractivity contribution in [3.8, 4) is 11.5 Å². The predicted molar refractivity (Wildman–Crippen MR) is 94.0 cm³/mol. The first-order valence-corrected chi connectivity index (χ1v) is 9.41. The van der Waals surface area contributed by atoms with Gasteiger partial charge in [-0.3, -0.25) is 4.79 Å². The zero-order chi connectivity index (χ0) is 18.9. The van der Waals surface area contributed by atoms with E-state index in [1.807, 2.05) is 0 Å². The zero-order valence-corrected chi connectivity index (χ0v) is 15.1. The summed E-state index contributed by atoms with van der Waals surface area (Å²) in [5.41, 5.74) is 1.32. The fourth-order valence-corrected chi connectivity index (χ4v) is 4.46. The summed E-state index contributed by atoms with van der Waals surface area (Å²) in [6, 6.07) is 10.7. The normalized spacial score (nSPS) is 19.0. The molecule has 0 aliphatic heterocycles. The molecule has 0 radical (unpaired) electrons. The summed E-state index contributed by atoms with van der Waals surface area (Å²) < 4.78 is 38.5. The van der Waals surface area contributed by atoms with E-state index < -0.39 is 28.0 Å². The number of rotatable bonds is 6. The number of carboxylic acids is 1. The lowest BCUT2D eigenvalue weighted by Crippen LogP contribution is -2.27. The quantitative estimate of drug-likeness (QED) is 0.801. The summed E-state index contributed by atoms with van der Waals surface area (Å²) in [4.78, 5) is 11.5. The molecule has 0 heterocycles. The van der Waals surface area contributed by atoms with Gasteiger partial charge in [0.15, 0.2) is 11.5 Å². The van der Waals surface area contributed by atoms with Crippen molar-refractivity contribution in [2.45, 2.75) is 23.3 Å². The predicted octanol–water partition coefficient (Wildman–Crippen LogP) is 2.30. The van der Waals surface area contributed by atoms with Crippen molar-refractivity contribution >= 4 is 16.0 Å². The number of nitrogens with one attached hydrogen (secondary N) is 1. The van der Waals surface area contributed by atoms with E-state index >= 15 is 0 Å². The zero-order valence-electron chi connectivity index (χ0n) is 14.3. The minimum absolute atomic E-state index is 0.0198. The lowest BCUT2D eigenvalue weighted by molar-refractivity contribution is -0.138. The molecule has 7 nitrogen and oxygen atoms in total. The summed E-state index contributed by atoms with van der Waals surface area (Å²) in [5, 5.41) is 9.41. The van der Waals surface area contributed by atoms with E-state index in [4.69, 9.17) is 9.47 Å². The summed E-state index contributed by atoms with van der Waals surface area (Å²) >= 11 is 0. The molecule has 1 aliphatic carbocycles. The van der Waals surface area contributed by atoms with E-state index in [9.17, 15) is 18.3 Å². The first-order valence-electron chi connectivity index (χ1n) is 7.93. The third-order valence-corrected chi connectivity index (χ3v) is 5.95. The molecule has 8 heteroatoms. The number of sulfonamides is 1. The minimum atomic E-state index is -3.87. The molecule has 0 amide bonds. The van der Waals surface area contributed by atoms with Crippen LogP contribution in [-0.2, 0) is 14.8 Å². The van der Waals surface area contributed by atoms with Crippen molar-refractivity contribution in [2.75, 3.05) is 14.2 Å². The highest BCUT2D eigenvalue weighted by molar-refractivity contribution is 7.89. The summed E-state index contributed by atoms with van der Waals surface area (Å²) in [5.74, 6) is -0.983. The molecule has 0 aromatic heterocycles. The van der Waals surface area contributed by atoms with Crippen LogP contribution < -0.4 is 14.2 Å². The molecular weight excluding hydrogens is 358 g/mol. The highest BCUT2D eigenvalue weighted by atomic mass is 32.2. The highest BCUT2D eigenvalue weighted by Crippen LogP contribution is 2.41. The van der Waals surface area contributed by atoms with E-state index in [1.165, 1.54) is 32.4 Å². The van der Waals surface area contributed by atoms with Gasteiger partial charge in [-0.05, 0) is 29.7 Å². The molecule has 2 atom stereocenters. The van der Waals surface area contributed by atoms with Crippen molar-refractivity contribution < 1.29 is 27.8 Å². The van der Waals surface area contributed by atoms with Gasteiger partial charge in [0.2, 0.25) is 10.0 Å². The van der Waals surface area contributed by atoms with E-state index in [0.29, 0.717) is 22.6 Å². The van der Waals surface area contributed by atoms with E-state index in [2.05, 4.69) is 4.72 Å². The standard InChI is InChI=1S/C18H19NO6S/c1-24-16-8-7-11(9-17(16)25-2)26(22,23)19-15-10-14(18(20)21)12-5-3-4-6-13(12)15/h3-9,14-15,19H,10H2,1-2H3,(H,20,21). The van der Waals surface area contributed by atoms with Crippen LogP contribution in [0.1, 0.15) is 29.5 Å². The fraction of sp³-hybridized carbons (Fsp3) is 0.278. The van der Waals surface area contributed by atoms with Crippen LogP contribution in [0.5, 0.6) is 11.5 Å². The smallest absolute Gasteiger partial charge is 0.311 e. The van der Waals surface area contributed by atoms with Crippen LogP contribution in [0.3, 0.4) is 0 Å². The second-order valence-corrected chi connectivity index (χ2v) is 7.66. The molecule has 0 bridgehead atoms. The maximum Gasteiger partial charge on any atom is 0.311 e. The van der Waals surface area contributed by atoms with Crippen molar-refractivity contribution in [1.82, 2.24) is 4.72 Å². The van der Waals surface area contributed by atoms with E-state index in [-0.39, 0.29) is 11.3 Å². The lowest BCUT2D eigenvalue weighted by Gasteiger charge is -2.16. The van der Waals surface area contributed by atoms with Gasteiger partial charge >= 0.3 is 5.97 Å². The van der Waals surface area contributed by atoms with Gasteiger partial charge in [-0.2, -0.15) is 0 Å².